The maximum atomic E-state index is 3.61. The molecule has 3 rings (SSSR count). The minimum Gasteiger partial charge on any atom is -0.382 e. The van der Waals surface area contributed by atoms with E-state index in [9.17, 15) is 0 Å². The van der Waals surface area contributed by atoms with Gasteiger partial charge >= 0.3 is 0 Å². The second-order valence-electron chi connectivity index (χ2n) is 6.63. The fourth-order valence-electron chi connectivity index (χ4n) is 3.56. The van der Waals surface area contributed by atoms with Crippen molar-refractivity contribution >= 4 is 5.69 Å². The van der Waals surface area contributed by atoms with Gasteiger partial charge in [0.25, 0.3) is 0 Å². The van der Waals surface area contributed by atoms with Crippen molar-refractivity contribution in [2.45, 2.75) is 52.5 Å². The van der Waals surface area contributed by atoms with E-state index in [4.69, 9.17) is 0 Å². The molecule has 1 heteroatoms. The Balaban J connectivity index is 1.94. The van der Waals surface area contributed by atoms with Crippen LogP contribution in [0.5, 0.6) is 0 Å². The number of aryl methyl sites for hydroxylation is 3. The number of benzene rings is 2. The average Bonchev–Trinajstić information content (AvgIpc) is 2.44. The number of fused-ring (bicyclic) bond motifs is 1. The van der Waals surface area contributed by atoms with Gasteiger partial charge in [-0.3, -0.25) is 0 Å². The van der Waals surface area contributed by atoms with Crippen LogP contribution >= 0.6 is 0 Å². The molecule has 1 aliphatic heterocycles. The van der Waals surface area contributed by atoms with E-state index in [1.807, 2.05) is 0 Å². The van der Waals surface area contributed by atoms with Crippen LogP contribution in [0.2, 0.25) is 0 Å². The first-order valence-corrected chi connectivity index (χ1v) is 7.97. The number of hydrogen-bond donors (Lipinski definition) is 1. The molecule has 0 fully saturated rings. The Kier molecular flexibility index (Phi) is 3.75. The van der Waals surface area contributed by atoms with Crippen LogP contribution in [-0.2, 0) is 6.42 Å². The third-order valence-corrected chi connectivity index (χ3v) is 4.86. The van der Waals surface area contributed by atoms with Crippen LogP contribution < -0.4 is 5.32 Å². The zero-order valence-electron chi connectivity index (χ0n) is 13.5. The maximum Gasteiger partial charge on any atom is 0.0377 e. The standard InChI is InChI=1S/C20H25N/c1-13-9-15(3)17(10-14(13)2)12-18-11-16(4)21-20-8-6-5-7-19(18)20/h5-10,16,18,21H,11-12H2,1-4H3. The summed E-state index contributed by atoms with van der Waals surface area (Å²) in [6.45, 7) is 8.96. The van der Waals surface area contributed by atoms with Gasteiger partial charge in [-0.2, -0.15) is 0 Å². The van der Waals surface area contributed by atoms with Crippen molar-refractivity contribution in [2.24, 2.45) is 0 Å². The van der Waals surface area contributed by atoms with Gasteiger partial charge in [-0.25, -0.2) is 0 Å². The maximum absolute atomic E-state index is 3.61. The van der Waals surface area contributed by atoms with Gasteiger partial charge in [0, 0.05) is 11.7 Å². The van der Waals surface area contributed by atoms with Crippen LogP contribution in [0, 0.1) is 20.8 Å². The van der Waals surface area contributed by atoms with E-state index in [1.54, 1.807) is 0 Å². The van der Waals surface area contributed by atoms with Crippen molar-refractivity contribution in [3.63, 3.8) is 0 Å². The van der Waals surface area contributed by atoms with E-state index < -0.39 is 0 Å². The summed E-state index contributed by atoms with van der Waals surface area (Å²) in [4.78, 5) is 0. The highest BCUT2D eigenvalue weighted by molar-refractivity contribution is 5.56. The highest BCUT2D eigenvalue weighted by Crippen LogP contribution is 2.36. The van der Waals surface area contributed by atoms with Gasteiger partial charge in [-0.05, 0) is 80.3 Å². The smallest absolute Gasteiger partial charge is 0.0377 e. The third kappa shape index (κ3) is 2.83. The number of para-hydroxylation sites is 1. The zero-order valence-corrected chi connectivity index (χ0v) is 13.5. The number of nitrogens with one attached hydrogen (secondary N) is 1. The van der Waals surface area contributed by atoms with E-state index in [1.165, 1.54) is 39.9 Å². The minimum atomic E-state index is 0.553. The molecular formula is C20H25N. The molecular weight excluding hydrogens is 254 g/mol. The van der Waals surface area contributed by atoms with Crippen molar-refractivity contribution in [2.75, 3.05) is 5.32 Å². The van der Waals surface area contributed by atoms with Crippen LogP contribution in [-0.4, -0.2) is 6.04 Å². The molecule has 110 valence electrons. The summed E-state index contributed by atoms with van der Waals surface area (Å²) in [5, 5.41) is 3.61. The SMILES string of the molecule is Cc1cc(C)c(CC2CC(C)Nc3ccccc32)cc1C. The number of hydrogen-bond acceptors (Lipinski definition) is 1. The van der Waals surface area contributed by atoms with Gasteiger partial charge < -0.3 is 5.32 Å². The highest BCUT2D eigenvalue weighted by Gasteiger charge is 2.24. The molecule has 0 saturated heterocycles. The van der Waals surface area contributed by atoms with Gasteiger partial charge in [0.2, 0.25) is 0 Å². The fraction of sp³-hybridized carbons (Fsp3) is 0.400. The van der Waals surface area contributed by atoms with Crippen LogP contribution in [0.4, 0.5) is 5.69 Å². The normalized spacial score (nSPS) is 20.8. The van der Waals surface area contributed by atoms with E-state index in [2.05, 4.69) is 69.4 Å². The summed E-state index contributed by atoms with van der Waals surface area (Å²) in [5.41, 5.74) is 8.55. The monoisotopic (exact) mass is 279 g/mol. The summed E-state index contributed by atoms with van der Waals surface area (Å²) in [7, 11) is 0. The summed E-state index contributed by atoms with van der Waals surface area (Å²) in [5.74, 6) is 0.623. The molecule has 2 aromatic carbocycles. The first-order chi connectivity index (χ1) is 10.0. The van der Waals surface area contributed by atoms with Crippen LogP contribution in [0.25, 0.3) is 0 Å². The Morgan fingerprint density at radius 1 is 1.00 bits per heavy atom. The first-order valence-electron chi connectivity index (χ1n) is 7.97. The molecule has 1 heterocycles. The minimum absolute atomic E-state index is 0.553. The Hall–Kier alpha value is -1.76. The van der Waals surface area contributed by atoms with Crippen molar-refractivity contribution in [3.05, 3.63) is 64.2 Å². The van der Waals surface area contributed by atoms with Gasteiger partial charge in [0.15, 0.2) is 0 Å². The topological polar surface area (TPSA) is 12.0 Å². The van der Waals surface area contributed by atoms with Crippen LogP contribution in [0.3, 0.4) is 0 Å². The molecule has 2 unspecified atom stereocenters. The third-order valence-electron chi connectivity index (χ3n) is 4.86. The fourth-order valence-corrected chi connectivity index (χ4v) is 3.56. The van der Waals surface area contributed by atoms with Gasteiger partial charge in [-0.15, -0.1) is 0 Å². The van der Waals surface area contributed by atoms with Gasteiger partial charge in [0.05, 0.1) is 0 Å². The molecule has 1 aliphatic rings. The predicted molar refractivity (Wildman–Crippen MR) is 91.2 cm³/mol. The van der Waals surface area contributed by atoms with Gasteiger partial charge in [-0.1, -0.05) is 30.3 Å². The largest absolute Gasteiger partial charge is 0.382 e. The lowest BCUT2D eigenvalue weighted by Gasteiger charge is -2.32. The van der Waals surface area contributed by atoms with Crippen molar-refractivity contribution in [1.82, 2.24) is 0 Å². The lowest BCUT2D eigenvalue weighted by Crippen LogP contribution is -2.26. The highest BCUT2D eigenvalue weighted by atomic mass is 14.9. The zero-order chi connectivity index (χ0) is 15.0. The molecule has 0 amide bonds. The van der Waals surface area contributed by atoms with Crippen molar-refractivity contribution in [3.8, 4) is 0 Å². The molecule has 0 aromatic heterocycles. The van der Waals surface area contributed by atoms with Crippen LogP contribution in [0.1, 0.15) is 47.1 Å². The molecule has 2 aromatic rings. The Morgan fingerprint density at radius 3 is 2.52 bits per heavy atom. The van der Waals surface area contributed by atoms with Crippen molar-refractivity contribution in [1.29, 1.82) is 0 Å². The predicted octanol–water partition coefficient (Wildman–Crippen LogP) is 5.14. The Morgan fingerprint density at radius 2 is 1.71 bits per heavy atom. The molecule has 0 bridgehead atoms. The van der Waals surface area contributed by atoms with Crippen LogP contribution in [0.15, 0.2) is 36.4 Å². The first kappa shape index (κ1) is 14.2. The molecule has 2 atom stereocenters. The summed E-state index contributed by atoms with van der Waals surface area (Å²) in [6.07, 6.45) is 2.36. The summed E-state index contributed by atoms with van der Waals surface area (Å²) < 4.78 is 0. The Labute approximate surface area is 128 Å². The second kappa shape index (κ2) is 5.55. The molecule has 0 spiro atoms. The quantitative estimate of drug-likeness (QED) is 0.802. The molecule has 0 radical (unpaired) electrons. The van der Waals surface area contributed by atoms with E-state index in [0.29, 0.717) is 12.0 Å². The molecule has 1 N–H and O–H groups in total. The Bertz CT molecular complexity index is 657. The second-order valence-corrected chi connectivity index (χ2v) is 6.63. The van der Waals surface area contributed by atoms with Crippen molar-refractivity contribution < 1.29 is 0 Å². The van der Waals surface area contributed by atoms with E-state index in [-0.39, 0.29) is 0 Å². The number of anilines is 1. The molecule has 0 saturated carbocycles. The van der Waals surface area contributed by atoms with E-state index >= 15 is 0 Å². The number of rotatable bonds is 2. The molecule has 1 nitrogen and oxygen atoms in total. The summed E-state index contributed by atoms with van der Waals surface area (Å²) >= 11 is 0. The van der Waals surface area contributed by atoms with Gasteiger partial charge in [0.1, 0.15) is 0 Å². The lowest BCUT2D eigenvalue weighted by atomic mass is 9.82. The van der Waals surface area contributed by atoms with E-state index in [0.717, 1.165) is 6.42 Å². The summed E-state index contributed by atoms with van der Waals surface area (Å²) in [6, 6.07) is 14.1. The average molecular weight is 279 g/mol. The molecule has 0 aliphatic carbocycles. The lowest BCUT2D eigenvalue weighted by molar-refractivity contribution is 0.550. The molecule has 21 heavy (non-hydrogen) atoms.